The van der Waals surface area contributed by atoms with E-state index in [0.29, 0.717) is 12.5 Å². The minimum absolute atomic E-state index is 0.00651. The van der Waals surface area contributed by atoms with E-state index >= 15 is 0 Å². The van der Waals surface area contributed by atoms with E-state index in [1.165, 1.54) is 18.7 Å². The molecular weight excluding hydrogens is 270 g/mol. The van der Waals surface area contributed by atoms with Crippen molar-refractivity contribution >= 4 is 12.0 Å². The number of carbonyl (C=O) groups is 2. The van der Waals surface area contributed by atoms with Crippen molar-refractivity contribution in [3.05, 3.63) is 29.6 Å². The Hall–Kier alpha value is -2.11. The topological polar surface area (TPSA) is 82.5 Å². The van der Waals surface area contributed by atoms with Crippen LogP contribution >= 0.6 is 0 Å². The molecule has 6 nitrogen and oxygen atoms in total. The van der Waals surface area contributed by atoms with Crippen LogP contribution in [0.3, 0.4) is 0 Å². The molecule has 0 aromatic carbocycles. The SMILES string of the molecule is CCCC1CCN(C(=O)NCc2ccc(C(=O)O)nc2)C1. The number of likely N-dealkylation sites (tertiary alicyclic amines) is 1. The van der Waals surface area contributed by atoms with E-state index in [-0.39, 0.29) is 11.7 Å². The predicted octanol–water partition coefficient (Wildman–Crippen LogP) is 2.11. The number of carbonyl (C=O) groups excluding carboxylic acids is 1. The Labute approximate surface area is 124 Å². The molecule has 2 amide bonds. The predicted molar refractivity (Wildman–Crippen MR) is 78.0 cm³/mol. The lowest BCUT2D eigenvalue weighted by Gasteiger charge is -2.17. The molecule has 1 unspecified atom stereocenters. The normalized spacial score (nSPS) is 17.8. The van der Waals surface area contributed by atoms with Gasteiger partial charge in [0.25, 0.3) is 0 Å². The minimum atomic E-state index is -1.05. The number of amides is 2. The molecule has 1 saturated heterocycles. The van der Waals surface area contributed by atoms with Crippen LogP contribution in [0.25, 0.3) is 0 Å². The van der Waals surface area contributed by atoms with Gasteiger partial charge in [-0.15, -0.1) is 0 Å². The second kappa shape index (κ2) is 7.06. The maximum atomic E-state index is 12.0. The summed E-state index contributed by atoms with van der Waals surface area (Å²) in [5.41, 5.74) is 0.796. The molecule has 114 valence electrons. The van der Waals surface area contributed by atoms with E-state index < -0.39 is 5.97 Å². The van der Waals surface area contributed by atoms with Crippen LogP contribution in [0, 0.1) is 5.92 Å². The summed E-state index contributed by atoms with van der Waals surface area (Å²) in [5.74, 6) is -0.429. The number of nitrogens with zero attached hydrogens (tertiary/aromatic N) is 2. The Morgan fingerprint density at radius 2 is 2.29 bits per heavy atom. The van der Waals surface area contributed by atoms with Crippen LogP contribution in [0.15, 0.2) is 18.3 Å². The summed E-state index contributed by atoms with van der Waals surface area (Å²) < 4.78 is 0. The number of hydrogen-bond donors (Lipinski definition) is 2. The van der Waals surface area contributed by atoms with E-state index in [4.69, 9.17) is 5.11 Å². The number of aromatic nitrogens is 1. The molecule has 0 bridgehead atoms. The highest BCUT2D eigenvalue weighted by atomic mass is 16.4. The van der Waals surface area contributed by atoms with Crippen molar-refractivity contribution in [1.82, 2.24) is 15.2 Å². The van der Waals surface area contributed by atoms with Crippen molar-refractivity contribution < 1.29 is 14.7 Å². The highest BCUT2D eigenvalue weighted by molar-refractivity contribution is 5.85. The smallest absolute Gasteiger partial charge is 0.354 e. The third kappa shape index (κ3) is 4.18. The van der Waals surface area contributed by atoms with Crippen LogP contribution in [0.2, 0.25) is 0 Å². The maximum Gasteiger partial charge on any atom is 0.354 e. The van der Waals surface area contributed by atoms with Crippen LogP contribution in [0.4, 0.5) is 4.79 Å². The van der Waals surface area contributed by atoms with Crippen LogP contribution in [-0.2, 0) is 6.54 Å². The largest absolute Gasteiger partial charge is 0.477 e. The van der Waals surface area contributed by atoms with Gasteiger partial charge in [0.2, 0.25) is 0 Å². The quantitative estimate of drug-likeness (QED) is 0.870. The van der Waals surface area contributed by atoms with E-state index in [2.05, 4.69) is 17.2 Å². The Morgan fingerprint density at radius 3 is 2.90 bits per heavy atom. The van der Waals surface area contributed by atoms with Gasteiger partial charge in [-0.2, -0.15) is 0 Å². The molecule has 1 atom stereocenters. The van der Waals surface area contributed by atoms with Crippen molar-refractivity contribution in [3.8, 4) is 0 Å². The third-order valence-corrected chi connectivity index (χ3v) is 3.76. The van der Waals surface area contributed by atoms with Crippen molar-refractivity contribution in [3.63, 3.8) is 0 Å². The summed E-state index contributed by atoms with van der Waals surface area (Å²) in [5, 5.41) is 11.6. The Kier molecular flexibility index (Phi) is 5.14. The molecule has 0 spiro atoms. The van der Waals surface area contributed by atoms with Crippen molar-refractivity contribution in [2.75, 3.05) is 13.1 Å². The van der Waals surface area contributed by atoms with Gasteiger partial charge in [-0.1, -0.05) is 19.4 Å². The summed E-state index contributed by atoms with van der Waals surface area (Å²) in [6.45, 7) is 4.17. The lowest BCUT2D eigenvalue weighted by atomic mass is 10.0. The highest BCUT2D eigenvalue weighted by Crippen LogP contribution is 2.20. The average molecular weight is 291 g/mol. The van der Waals surface area contributed by atoms with Gasteiger partial charge in [-0.05, 0) is 30.4 Å². The number of carboxylic acids is 1. The molecule has 6 heteroatoms. The molecule has 1 aromatic rings. The van der Waals surface area contributed by atoms with Gasteiger partial charge in [-0.3, -0.25) is 0 Å². The summed E-state index contributed by atoms with van der Waals surface area (Å²) in [6.07, 6.45) is 4.88. The first-order valence-corrected chi connectivity index (χ1v) is 7.31. The van der Waals surface area contributed by atoms with Crippen molar-refractivity contribution in [1.29, 1.82) is 0 Å². The molecule has 2 rings (SSSR count). The summed E-state index contributed by atoms with van der Waals surface area (Å²) in [4.78, 5) is 28.4. The molecule has 0 radical (unpaired) electrons. The van der Waals surface area contributed by atoms with Gasteiger partial charge in [0.1, 0.15) is 5.69 Å². The number of rotatable bonds is 5. The van der Waals surface area contributed by atoms with Crippen LogP contribution < -0.4 is 5.32 Å². The Morgan fingerprint density at radius 1 is 1.48 bits per heavy atom. The number of hydrogen-bond acceptors (Lipinski definition) is 3. The monoisotopic (exact) mass is 291 g/mol. The van der Waals surface area contributed by atoms with Gasteiger partial charge in [0.05, 0.1) is 0 Å². The molecule has 2 heterocycles. The first-order chi connectivity index (χ1) is 10.1. The molecule has 1 aromatic heterocycles. The highest BCUT2D eigenvalue weighted by Gasteiger charge is 2.25. The third-order valence-electron chi connectivity index (χ3n) is 3.76. The zero-order chi connectivity index (χ0) is 15.2. The molecule has 0 saturated carbocycles. The summed E-state index contributed by atoms with van der Waals surface area (Å²) in [6, 6.07) is 3.05. The van der Waals surface area contributed by atoms with E-state index in [1.54, 1.807) is 6.07 Å². The van der Waals surface area contributed by atoms with E-state index in [1.807, 2.05) is 4.90 Å². The Bertz CT molecular complexity index is 501. The van der Waals surface area contributed by atoms with Gasteiger partial charge in [-0.25, -0.2) is 14.6 Å². The molecule has 2 N–H and O–H groups in total. The number of pyridine rings is 1. The Balaban J connectivity index is 1.80. The zero-order valence-electron chi connectivity index (χ0n) is 12.2. The zero-order valence-corrected chi connectivity index (χ0v) is 12.2. The fourth-order valence-electron chi connectivity index (χ4n) is 2.61. The fourth-order valence-corrected chi connectivity index (χ4v) is 2.61. The fraction of sp³-hybridized carbons (Fsp3) is 0.533. The standard InChI is InChI=1S/C15H21N3O3/c1-2-3-11-6-7-18(10-11)15(21)17-9-12-4-5-13(14(19)20)16-8-12/h4-5,8,11H,2-3,6-7,9-10H2,1H3,(H,17,21)(H,19,20). The molecule has 0 aliphatic carbocycles. The van der Waals surface area contributed by atoms with Gasteiger partial charge in [0.15, 0.2) is 0 Å². The van der Waals surface area contributed by atoms with Gasteiger partial charge >= 0.3 is 12.0 Å². The number of aromatic carboxylic acids is 1. The molecular formula is C15H21N3O3. The van der Waals surface area contributed by atoms with Crippen LogP contribution in [0.5, 0.6) is 0 Å². The number of carboxylic acid groups (broad SMARTS) is 1. The van der Waals surface area contributed by atoms with Gasteiger partial charge < -0.3 is 15.3 Å². The molecule has 1 aliphatic rings. The molecule has 1 aliphatic heterocycles. The van der Waals surface area contributed by atoms with Gasteiger partial charge in [0, 0.05) is 25.8 Å². The lowest BCUT2D eigenvalue weighted by Crippen LogP contribution is -2.38. The van der Waals surface area contributed by atoms with Crippen molar-refractivity contribution in [2.45, 2.75) is 32.7 Å². The second-order valence-electron chi connectivity index (χ2n) is 5.40. The van der Waals surface area contributed by atoms with Crippen LogP contribution in [-0.4, -0.2) is 40.1 Å². The maximum absolute atomic E-state index is 12.0. The minimum Gasteiger partial charge on any atom is -0.477 e. The van der Waals surface area contributed by atoms with Crippen LogP contribution in [0.1, 0.15) is 42.2 Å². The average Bonchev–Trinajstić information content (AvgIpc) is 2.94. The number of urea groups is 1. The summed E-state index contributed by atoms with van der Waals surface area (Å²) in [7, 11) is 0. The lowest BCUT2D eigenvalue weighted by molar-refractivity contribution is 0.0690. The first kappa shape index (κ1) is 15.3. The first-order valence-electron chi connectivity index (χ1n) is 7.31. The van der Waals surface area contributed by atoms with E-state index in [9.17, 15) is 9.59 Å². The second-order valence-corrected chi connectivity index (χ2v) is 5.40. The summed E-state index contributed by atoms with van der Waals surface area (Å²) >= 11 is 0. The molecule has 1 fully saturated rings. The van der Waals surface area contributed by atoms with Crippen molar-refractivity contribution in [2.24, 2.45) is 5.92 Å². The number of nitrogens with one attached hydrogen (secondary N) is 1. The van der Waals surface area contributed by atoms with E-state index in [0.717, 1.165) is 31.5 Å². The molecule has 21 heavy (non-hydrogen) atoms.